The largest absolute Gasteiger partial charge is 0.458 e. The molecule has 1 spiro atoms. The summed E-state index contributed by atoms with van der Waals surface area (Å²) in [6.07, 6.45) is 10.1. The molecule has 0 amide bonds. The maximum absolute atomic E-state index is 12.1. The van der Waals surface area contributed by atoms with Crippen LogP contribution >= 0.6 is 0 Å². The topological polar surface area (TPSA) is 79.1 Å². The SMILES string of the molecule is C[C@]12CCC3C(C[C@H](CO)C4=C/C(=N/O)CC[C@@H]43)C1[C@H]1C[C@H]1[C@@]21CCC(=O)O1. The van der Waals surface area contributed by atoms with Gasteiger partial charge in [-0.05, 0) is 80.6 Å². The van der Waals surface area contributed by atoms with Gasteiger partial charge in [0.05, 0.1) is 5.71 Å². The number of carbonyl (C=O) groups excluding carboxylic acids is 1. The van der Waals surface area contributed by atoms with Gasteiger partial charge >= 0.3 is 5.97 Å². The molecule has 1 aliphatic heterocycles. The number of carbonyl (C=O) groups is 1. The molecular weight excluding hydrogens is 354 g/mol. The minimum Gasteiger partial charge on any atom is -0.458 e. The van der Waals surface area contributed by atoms with Crippen LogP contribution in [0.25, 0.3) is 0 Å². The van der Waals surface area contributed by atoms with Gasteiger partial charge in [-0.3, -0.25) is 4.79 Å². The summed E-state index contributed by atoms with van der Waals surface area (Å²) in [5, 5.41) is 22.9. The van der Waals surface area contributed by atoms with E-state index in [1.165, 1.54) is 18.4 Å². The van der Waals surface area contributed by atoms with E-state index < -0.39 is 0 Å². The lowest BCUT2D eigenvalue weighted by atomic mass is 9.47. The fraction of sp³-hybridized carbons (Fsp3) is 0.826. The van der Waals surface area contributed by atoms with Crippen LogP contribution in [0.2, 0.25) is 0 Å². The summed E-state index contributed by atoms with van der Waals surface area (Å²) in [6, 6.07) is 0. The normalized spacial score (nSPS) is 55.2. The molecule has 152 valence electrons. The number of aliphatic hydroxyl groups is 1. The molecule has 6 rings (SSSR count). The van der Waals surface area contributed by atoms with Crippen LogP contribution in [0.1, 0.15) is 58.3 Å². The van der Waals surface area contributed by atoms with Gasteiger partial charge in [0.1, 0.15) is 5.60 Å². The minimum absolute atomic E-state index is 0.0137. The Bertz CT molecular complexity index is 789. The zero-order chi connectivity index (χ0) is 19.3. The number of hydrogen-bond acceptors (Lipinski definition) is 5. The highest BCUT2D eigenvalue weighted by Crippen LogP contribution is 2.78. The molecule has 9 atom stereocenters. The van der Waals surface area contributed by atoms with E-state index in [1.807, 2.05) is 0 Å². The zero-order valence-electron chi connectivity index (χ0n) is 16.6. The van der Waals surface area contributed by atoms with Crippen molar-refractivity contribution in [3.05, 3.63) is 11.6 Å². The molecule has 4 saturated carbocycles. The first-order valence-electron chi connectivity index (χ1n) is 11.3. The van der Waals surface area contributed by atoms with Crippen molar-refractivity contribution < 1.29 is 19.8 Å². The summed E-state index contributed by atoms with van der Waals surface area (Å²) in [6.45, 7) is 2.61. The van der Waals surface area contributed by atoms with Crippen molar-refractivity contribution in [1.82, 2.24) is 0 Å². The van der Waals surface area contributed by atoms with Crippen molar-refractivity contribution in [2.75, 3.05) is 6.61 Å². The summed E-state index contributed by atoms with van der Waals surface area (Å²) in [4.78, 5) is 12.1. The first kappa shape index (κ1) is 17.5. The summed E-state index contributed by atoms with van der Waals surface area (Å²) in [7, 11) is 0. The fourth-order valence-electron chi connectivity index (χ4n) is 8.97. The van der Waals surface area contributed by atoms with Crippen LogP contribution in [0, 0.1) is 46.8 Å². The zero-order valence-corrected chi connectivity index (χ0v) is 16.6. The Kier molecular flexibility index (Phi) is 3.51. The summed E-state index contributed by atoms with van der Waals surface area (Å²) in [5.74, 6) is 3.94. The number of allylic oxidation sites excluding steroid dienone is 1. The molecule has 5 heteroatoms. The van der Waals surface area contributed by atoms with Gasteiger partial charge < -0.3 is 15.1 Å². The first-order valence-corrected chi connectivity index (χ1v) is 11.3. The van der Waals surface area contributed by atoms with Crippen molar-refractivity contribution in [2.24, 2.45) is 52.0 Å². The van der Waals surface area contributed by atoms with Crippen molar-refractivity contribution >= 4 is 11.7 Å². The Morgan fingerprint density at radius 1 is 1.18 bits per heavy atom. The van der Waals surface area contributed by atoms with Crippen LogP contribution in [0.4, 0.5) is 0 Å². The molecule has 0 bridgehead atoms. The number of oxime groups is 1. The van der Waals surface area contributed by atoms with Gasteiger partial charge in [0.15, 0.2) is 0 Å². The van der Waals surface area contributed by atoms with Gasteiger partial charge in [-0.1, -0.05) is 17.7 Å². The number of esters is 1. The Morgan fingerprint density at radius 3 is 2.75 bits per heavy atom. The molecule has 1 saturated heterocycles. The lowest BCUT2D eigenvalue weighted by Crippen LogP contribution is -2.56. The van der Waals surface area contributed by atoms with Gasteiger partial charge in [-0.2, -0.15) is 0 Å². The Morgan fingerprint density at radius 2 is 2.04 bits per heavy atom. The molecule has 0 aromatic heterocycles. The predicted molar refractivity (Wildman–Crippen MR) is 103 cm³/mol. The lowest BCUT2D eigenvalue weighted by Gasteiger charge is -2.58. The van der Waals surface area contributed by atoms with Crippen LogP contribution < -0.4 is 0 Å². The smallest absolute Gasteiger partial charge is 0.306 e. The second-order valence-corrected chi connectivity index (χ2v) is 10.7. The van der Waals surface area contributed by atoms with Crippen LogP contribution in [0.5, 0.6) is 0 Å². The van der Waals surface area contributed by atoms with E-state index in [0.717, 1.165) is 37.8 Å². The van der Waals surface area contributed by atoms with E-state index in [0.29, 0.717) is 41.9 Å². The fourth-order valence-corrected chi connectivity index (χ4v) is 8.97. The van der Waals surface area contributed by atoms with Crippen LogP contribution in [-0.4, -0.2) is 34.2 Å². The van der Waals surface area contributed by atoms with Gasteiger partial charge in [0.2, 0.25) is 0 Å². The van der Waals surface area contributed by atoms with Crippen LogP contribution in [0.3, 0.4) is 0 Å². The molecule has 1 heterocycles. The van der Waals surface area contributed by atoms with E-state index >= 15 is 0 Å². The van der Waals surface area contributed by atoms with E-state index in [2.05, 4.69) is 18.2 Å². The third-order valence-corrected chi connectivity index (χ3v) is 9.97. The average Bonchev–Trinajstić information content (AvgIpc) is 3.34. The third kappa shape index (κ3) is 1.97. The molecule has 0 aromatic carbocycles. The highest BCUT2D eigenvalue weighted by atomic mass is 16.6. The maximum atomic E-state index is 12.1. The number of ether oxygens (including phenoxy) is 1. The molecular formula is C23H31NO4. The van der Waals surface area contributed by atoms with Gasteiger partial charge in [0.25, 0.3) is 0 Å². The van der Waals surface area contributed by atoms with Crippen molar-refractivity contribution in [1.29, 1.82) is 0 Å². The number of hydrogen-bond donors (Lipinski definition) is 2. The second kappa shape index (κ2) is 5.62. The average molecular weight is 386 g/mol. The van der Waals surface area contributed by atoms with E-state index in [4.69, 9.17) is 4.74 Å². The predicted octanol–water partition coefficient (Wildman–Crippen LogP) is 3.54. The van der Waals surface area contributed by atoms with Gasteiger partial charge in [-0.25, -0.2) is 0 Å². The standard InChI is InChI=1S/C23H31NO4/c1-22-6-4-15-14-3-2-13(24-27)9-16(14)12(11-25)8-17(15)21(22)18-10-19(18)23(22)7-5-20(26)28-23/h9,12,14-15,17-19,21,25,27H,2-8,10-11H2,1H3/b24-13+/t12-,14-,15?,17?,18+,19-,21?,22+,23+/m1/s1. The Hall–Kier alpha value is -1.36. The Labute approximate surface area is 166 Å². The van der Waals surface area contributed by atoms with Gasteiger partial charge in [0, 0.05) is 30.3 Å². The van der Waals surface area contributed by atoms with E-state index in [1.54, 1.807) is 0 Å². The number of nitrogens with zero attached hydrogens (tertiary/aromatic N) is 1. The van der Waals surface area contributed by atoms with Crippen molar-refractivity contribution in [2.45, 2.75) is 63.9 Å². The minimum atomic E-state index is -0.196. The van der Waals surface area contributed by atoms with Gasteiger partial charge in [-0.15, -0.1) is 0 Å². The number of rotatable bonds is 1. The highest BCUT2D eigenvalue weighted by Gasteiger charge is 2.78. The number of fused-ring (bicyclic) bond motifs is 9. The van der Waals surface area contributed by atoms with Crippen LogP contribution in [0.15, 0.2) is 16.8 Å². The Balaban J connectivity index is 1.38. The molecule has 6 aliphatic rings. The molecule has 5 nitrogen and oxygen atoms in total. The summed E-state index contributed by atoms with van der Waals surface area (Å²) in [5.41, 5.74) is 2.02. The molecule has 5 aliphatic carbocycles. The summed E-state index contributed by atoms with van der Waals surface area (Å²) < 4.78 is 6.16. The molecule has 3 unspecified atom stereocenters. The van der Waals surface area contributed by atoms with E-state index in [-0.39, 0.29) is 29.5 Å². The van der Waals surface area contributed by atoms with Crippen molar-refractivity contribution in [3.8, 4) is 0 Å². The highest BCUT2D eigenvalue weighted by molar-refractivity contribution is 5.96. The van der Waals surface area contributed by atoms with E-state index in [9.17, 15) is 15.1 Å². The monoisotopic (exact) mass is 385 g/mol. The first-order chi connectivity index (χ1) is 13.5. The van der Waals surface area contributed by atoms with Crippen molar-refractivity contribution in [3.63, 3.8) is 0 Å². The molecule has 0 radical (unpaired) electrons. The van der Waals surface area contributed by atoms with Crippen LogP contribution in [-0.2, 0) is 9.53 Å². The second-order valence-electron chi connectivity index (χ2n) is 10.7. The molecule has 0 aromatic rings. The lowest BCUT2D eigenvalue weighted by molar-refractivity contribution is -0.175. The maximum Gasteiger partial charge on any atom is 0.306 e. The molecule has 2 N–H and O–H groups in total. The quantitative estimate of drug-likeness (QED) is 0.411. The number of aliphatic hydroxyl groups excluding tert-OH is 1. The molecule has 5 fully saturated rings. The third-order valence-electron chi connectivity index (χ3n) is 9.97. The summed E-state index contributed by atoms with van der Waals surface area (Å²) >= 11 is 0. The molecule has 28 heavy (non-hydrogen) atoms.